The van der Waals surface area contributed by atoms with Gasteiger partial charge in [0.2, 0.25) is 0 Å². The SMILES string of the molecule is CC(C)C1(c2cc(Cl)cnc2N)CCCCCN1. The monoisotopic (exact) mass is 267 g/mol. The highest BCUT2D eigenvalue weighted by molar-refractivity contribution is 6.30. The lowest BCUT2D eigenvalue weighted by Crippen LogP contribution is -2.46. The summed E-state index contributed by atoms with van der Waals surface area (Å²) in [4.78, 5) is 4.22. The van der Waals surface area contributed by atoms with Crippen LogP contribution in [0.15, 0.2) is 12.3 Å². The highest BCUT2D eigenvalue weighted by Gasteiger charge is 2.37. The zero-order chi connectivity index (χ0) is 13.2. The summed E-state index contributed by atoms with van der Waals surface area (Å²) in [6, 6.07) is 1.97. The van der Waals surface area contributed by atoms with Gasteiger partial charge in [-0.1, -0.05) is 38.3 Å². The normalized spacial score (nSPS) is 25.1. The Morgan fingerprint density at radius 1 is 1.39 bits per heavy atom. The summed E-state index contributed by atoms with van der Waals surface area (Å²) < 4.78 is 0. The van der Waals surface area contributed by atoms with Crippen molar-refractivity contribution in [1.82, 2.24) is 10.3 Å². The molecule has 0 saturated carbocycles. The van der Waals surface area contributed by atoms with Gasteiger partial charge in [0.1, 0.15) is 5.82 Å². The van der Waals surface area contributed by atoms with Gasteiger partial charge in [-0.05, 0) is 31.4 Å². The first kappa shape index (κ1) is 13.6. The Hall–Kier alpha value is -0.800. The van der Waals surface area contributed by atoms with Crippen molar-refractivity contribution in [1.29, 1.82) is 0 Å². The lowest BCUT2D eigenvalue weighted by Gasteiger charge is -2.39. The maximum Gasteiger partial charge on any atom is 0.128 e. The number of pyridine rings is 1. The third-order valence-corrected chi connectivity index (χ3v) is 4.25. The molecule has 1 atom stereocenters. The number of nitrogens with zero attached hydrogens (tertiary/aromatic N) is 1. The number of hydrogen-bond donors (Lipinski definition) is 2. The highest BCUT2D eigenvalue weighted by atomic mass is 35.5. The fraction of sp³-hybridized carbons (Fsp3) is 0.643. The Balaban J connectivity index is 2.48. The van der Waals surface area contributed by atoms with Crippen molar-refractivity contribution < 1.29 is 0 Å². The maximum atomic E-state index is 6.10. The van der Waals surface area contributed by atoms with Crippen molar-refractivity contribution in [3.05, 3.63) is 22.8 Å². The summed E-state index contributed by atoms with van der Waals surface area (Å²) in [6.07, 6.45) is 6.43. The lowest BCUT2D eigenvalue weighted by molar-refractivity contribution is 0.231. The molecule has 2 rings (SSSR count). The van der Waals surface area contributed by atoms with Gasteiger partial charge in [-0.3, -0.25) is 0 Å². The number of anilines is 1. The summed E-state index contributed by atoms with van der Waals surface area (Å²) in [5.74, 6) is 1.06. The zero-order valence-electron chi connectivity index (χ0n) is 11.2. The number of nitrogens with two attached hydrogens (primary N) is 1. The summed E-state index contributed by atoms with van der Waals surface area (Å²) in [5, 5.41) is 4.36. The van der Waals surface area contributed by atoms with Crippen LogP contribution < -0.4 is 11.1 Å². The average molecular weight is 268 g/mol. The zero-order valence-corrected chi connectivity index (χ0v) is 11.9. The molecule has 4 heteroatoms. The smallest absolute Gasteiger partial charge is 0.128 e. The quantitative estimate of drug-likeness (QED) is 0.864. The molecule has 1 aromatic rings. The standard InChI is InChI=1S/C14H22ClN3/c1-10(2)14(6-4-3-5-7-18-14)12-8-11(15)9-17-13(12)16/h8-10,18H,3-7H2,1-2H3,(H2,16,17). The van der Waals surface area contributed by atoms with E-state index in [9.17, 15) is 0 Å². The van der Waals surface area contributed by atoms with Crippen molar-refractivity contribution in [2.75, 3.05) is 12.3 Å². The molecule has 0 amide bonds. The van der Waals surface area contributed by atoms with Crippen LogP contribution in [0.5, 0.6) is 0 Å². The van der Waals surface area contributed by atoms with Gasteiger partial charge in [-0.2, -0.15) is 0 Å². The molecule has 0 radical (unpaired) electrons. The van der Waals surface area contributed by atoms with Crippen LogP contribution in [-0.2, 0) is 5.54 Å². The Morgan fingerprint density at radius 3 is 2.89 bits per heavy atom. The topological polar surface area (TPSA) is 50.9 Å². The van der Waals surface area contributed by atoms with Gasteiger partial charge in [0.05, 0.1) is 5.02 Å². The average Bonchev–Trinajstić information content (AvgIpc) is 2.58. The van der Waals surface area contributed by atoms with Crippen LogP contribution in [0, 0.1) is 5.92 Å². The molecular formula is C14H22ClN3. The van der Waals surface area contributed by atoms with Gasteiger partial charge in [0, 0.05) is 17.3 Å². The van der Waals surface area contributed by atoms with Crippen molar-refractivity contribution in [2.45, 2.75) is 45.1 Å². The molecule has 2 heterocycles. The summed E-state index contributed by atoms with van der Waals surface area (Å²) in [6.45, 7) is 5.50. The van der Waals surface area contributed by atoms with Gasteiger partial charge < -0.3 is 11.1 Å². The minimum Gasteiger partial charge on any atom is -0.383 e. The summed E-state index contributed by atoms with van der Waals surface area (Å²) in [5.41, 5.74) is 7.06. The predicted octanol–water partition coefficient (Wildman–Crippen LogP) is 3.33. The molecule has 0 aliphatic carbocycles. The van der Waals surface area contributed by atoms with E-state index >= 15 is 0 Å². The number of nitrogens with one attached hydrogen (secondary N) is 1. The molecular weight excluding hydrogens is 246 g/mol. The van der Waals surface area contributed by atoms with E-state index in [1.807, 2.05) is 6.07 Å². The molecule has 1 fully saturated rings. The largest absolute Gasteiger partial charge is 0.383 e. The van der Waals surface area contributed by atoms with Crippen LogP contribution in [0.25, 0.3) is 0 Å². The van der Waals surface area contributed by atoms with Crippen LogP contribution in [0.1, 0.15) is 45.1 Å². The van der Waals surface area contributed by atoms with Gasteiger partial charge in [-0.25, -0.2) is 4.98 Å². The molecule has 1 unspecified atom stereocenters. The molecule has 18 heavy (non-hydrogen) atoms. The van der Waals surface area contributed by atoms with Crippen molar-refractivity contribution in [2.24, 2.45) is 5.92 Å². The van der Waals surface area contributed by atoms with Crippen LogP contribution in [-0.4, -0.2) is 11.5 Å². The van der Waals surface area contributed by atoms with E-state index in [4.69, 9.17) is 17.3 Å². The van der Waals surface area contributed by atoms with Crippen LogP contribution in [0.4, 0.5) is 5.82 Å². The first-order valence-corrected chi connectivity index (χ1v) is 7.10. The van der Waals surface area contributed by atoms with Crippen molar-refractivity contribution in [3.8, 4) is 0 Å². The molecule has 1 aliphatic heterocycles. The molecule has 0 aromatic carbocycles. The number of halogens is 1. The fourth-order valence-electron chi connectivity index (χ4n) is 2.95. The molecule has 1 saturated heterocycles. The van der Waals surface area contributed by atoms with Crippen LogP contribution >= 0.6 is 11.6 Å². The lowest BCUT2D eigenvalue weighted by atomic mass is 9.76. The Bertz CT molecular complexity index is 410. The number of nitrogen functional groups attached to an aromatic ring is 1. The second kappa shape index (κ2) is 5.45. The highest BCUT2D eigenvalue weighted by Crippen LogP contribution is 2.39. The minimum atomic E-state index is -0.0848. The Labute approximate surface area is 114 Å². The number of hydrogen-bond acceptors (Lipinski definition) is 3. The van der Waals surface area contributed by atoms with E-state index < -0.39 is 0 Å². The predicted molar refractivity (Wildman–Crippen MR) is 76.6 cm³/mol. The van der Waals surface area contributed by atoms with Crippen LogP contribution in [0.2, 0.25) is 5.02 Å². The fourth-order valence-corrected chi connectivity index (χ4v) is 3.10. The molecule has 0 bridgehead atoms. The molecule has 3 N–H and O–H groups in total. The first-order valence-electron chi connectivity index (χ1n) is 6.73. The van der Waals surface area contributed by atoms with E-state index in [1.165, 1.54) is 19.3 Å². The number of rotatable bonds is 2. The second-order valence-electron chi connectivity index (χ2n) is 5.45. The van der Waals surface area contributed by atoms with E-state index in [0.717, 1.165) is 18.5 Å². The van der Waals surface area contributed by atoms with Gasteiger partial charge >= 0.3 is 0 Å². The second-order valence-corrected chi connectivity index (χ2v) is 5.89. The van der Waals surface area contributed by atoms with E-state index in [2.05, 4.69) is 24.1 Å². The van der Waals surface area contributed by atoms with Gasteiger partial charge in [0.25, 0.3) is 0 Å². The molecule has 1 aliphatic rings. The van der Waals surface area contributed by atoms with E-state index in [0.29, 0.717) is 16.8 Å². The third-order valence-electron chi connectivity index (χ3n) is 4.04. The molecule has 3 nitrogen and oxygen atoms in total. The van der Waals surface area contributed by atoms with E-state index in [-0.39, 0.29) is 5.54 Å². The Kier molecular flexibility index (Phi) is 4.13. The van der Waals surface area contributed by atoms with Crippen molar-refractivity contribution in [3.63, 3.8) is 0 Å². The summed E-state index contributed by atoms with van der Waals surface area (Å²) in [7, 11) is 0. The minimum absolute atomic E-state index is 0.0848. The van der Waals surface area contributed by atoms with Crippen LogP contribution in [0.3, 0.4) is 0 Å². The maximum absolute atomic E-state index is 6.10. The first-order chi connectivity index (χ1) is 8.56. The van der Waals surface area contributed by atoms with E-state index in [1.54, 1.807) is 6.20 Å². The molecule has 0 spiro atoms. The number of aromatic nitrogens is 1. The van der Waals surface area contributed by atoms with Gasteiger partial charge in [-0.15, -0.1) is 0 Å². The van der Waals surface area contributed by atoms with Crippen molar-refractivity contribution >= 4 is 17.4 Å². The Morgan fingerprint density at radius 2 is 2.17 bits per heavy atom. The molecule has 100 valence electrons. The third kappa shape index (κ3) is 2.47. The molecule has 1 aromatic heterocycles. The van der Waals surface area contributed by atoms with Gasteiger partial charge in [0.15, 0.2) is 0 Å². The summed E-state index contributed by atoms with van der Waals surface area (Å²) >= 11 is 6.10.